The third kappa shape index (κ3) is 3.48. The van der Waals surface area contributed by atoms with E-state index in [1.807, 2.05) is 12.1 Å². The van der Waals surface area contributed by atoms with Gasteiger partial charge in [0.1, 0.15) is 0 Å². The van der Waals surface area contributed by atoms with E-state index < -0.39 is 5.25 Å². The number of nitrogens with one attached hydrogen (secondary N) is 2. The van der Waals surface area contributed by atoms with Gasteiger partial charge in [-0.2, -0.15) is 0 Å². The van der Waals surface area contributed by atoms with Crippen LogP contribution in [0.25, 0.3) is 11.4 Å². The fourth-order valence-electron chi connectivity index (χ4n) is 2.15. The lowest BCUT2D eigenvalue weighted by atomic mass is 10.2. The van der Waals surface area contributed by atoms with E-state index in [4.69, 9.17) is 11.6 Å². The maximum Gasteiger partial charge on any atom is 0.324 e. The first-order valence-electron chi connectivity index (χ1n) is 6.99. The molecule has 1 aromatic heterocycles. The molecule has 1 aliphatic rings. The molecule has 2 heterocycles. The molecule has 1 saturated heterocycles. The number of amides is 3. The van der Waals surface area contributed by atoms with Gasteiger partial charge in [-0.15, -0.1) is 5.10 Å². The number of rotatable bonds is 4. The second-order valence-electron chi connectivity index (χ2n) is 4.96. The van der Waals surface area contributed by atoms with Crippen molar-refractivity contribution in [3.8, 4) is 11.4 Å². The summed E-state index contributed by atoms with van der Waals surface area (Å²) in [6.45, 7) is 2.62. The zero-order chi connectivity index (χ0) is 16.4. The second kappa shape index (κ2) is 6.59. The number of carbonyl (C=O) groups is 2. The van der Waals surface area contributed by atoms with Crippen molar-refractivity contribution in [2.45, 2.75) is 17.3 Å². The Morgan fingerprint density at radius 2 is 2.13 bits per heavy atom. The summed E-state index contributed by atoms with van der Waals surface area (Å²) < 4.78 is 0. The lowest BCUT2D eigenvalue weighted by Gasteiger charge is -2.15. The van der Waals surface area contributed by atoms with Gasteiger partial charge >= 0.3 is 6.03 Å². The topological polar surface area (TPSA) is 91.0 Å². The molecule has 0 saturated carbocycles. The summed E-state index contributed by atoms with van der Waals surface area (Å²) in [6, 6.07) is 6.86. The Kier molecular flexibility index (Phi) is 4.53. The Hall–Kier alpha value is -2.06. The Bertz CT molecular complexity index is 733. The van der Waals surface area contributed by atoms with Crippen LogP contribution in [0, 0.1) is 0 Å². The van der Waals surface area contributed by atoms with Crippen LogP contribution in [-0.4, -0.2) is 50.4 Å². The minimum atomic E-state index is -0.451. The van der Waals surface area contributed by atoms with Gasteiger partial charge in [0.05, 0.1) is 5.25 Å². The van der Waals surface area contributed by atoms with Crippen LogP contribution < -0.4 is 5.32 Å². The molecule has 2 aromatic rings. The smallest absolute Gasteiger partial charge is 0.324 e. The number of carbonyl (C=O) groups excluding carboxylic acids is 2. The molecule has 1 aromatic carbocycles. The Morgan fingerprint density at radius 1 is 1.39 bits per heavy atom. The Labute approximate surface area is 141 Å². The molecule has 1 unspecified atom stereocenters. The van der Waals surface area contributed by atoms with Crippen molar-refractivity contribution in [3.05, 3.63) is 29.3 Å². The normalized spacial score (nSPS) is 15.6. The van der Waals surface area contributed by atoms with Gasteiger partial charge in [0.25, 0.3) is 0 Å². The van der Waals surface area contributed by atoms with Crippen LogP contribution >= 0.6 is 23.4 Å². The predicted octanol–water partition coefficient (Wildman–Crippen LogP) is 2.16. The quantitative estimate of drug-likeness (QED) is 0.824. The van der Waals surface area contributed by atoms with Gasteiger partial charge in [-0.3, -0.25) is 14.8 Å². The maximum atomic E-state index is 12.2. The van der Waals surface area contributed by atoms with Crippen molar-refractivity contribution >= 4 is 35.3 Å². The molecule has 7 nitrogen and oxygen atoms in total. The lowest BCUT2D eigenvalue weighted by molar-refractivity contribution is -0.126. The summed E-state index contributed by atoms with van der Waals surface area (Å²) in [5.41, 5.74) is 0.853. The SMILES string of the molecule is CC(Sc1n[nH]c(-c2ccc(Cl)cc2)n1)C(=O)N1CCNC1=O. The number of hydrogen-bond donors (Lipinski definition) is 2. The summed E-state index contributed by atoms with van der Waals surface area (Å²) >= 11 is 7.07. The van der Waals surface area contributed by atoms with Crippen LogP contribution in [0.5, 0.6) is 0 Å². The average molecular weight is 352 g/mol. The summed E-state index contributed by atoms with van der Waals surface area (Å²) in [5.74, 6) is 0.352. The Morgan fingerprint density at radius 3 is 2.78 bits per heavy atom. The Balaban J connectivity index is 1.67. The maximum absolute atomic E-state index is 12.2. The number of urea groups is 1. The summed E-state index contributed by atoms with van der Waals surface area (Å²) in [7, 11) is 0. The highest BCUT2D eigenvalue weighted by Crippen LogP contribution is 2.24. The average Bonchev–Trinajstić information content (AvgIpc) is 3.16. The molecule has 9 heteroatoms. The number of aromatic amines is 1. The third-order valence-corrected chi connectivity index (χ3v) is 4.54. The number of hydrogen-bond acceptors (Lipinski definition) is 5. The van der Waals surface area contributed by atoms with Crippen LogP contribution in [-0.2, 0) is 4.79 Å². The van der Waals surface area contributed by atoms with E-state index >= 15 is 0 Å². The molecule has 120 valence electrons. The molecule has 1 fully saturated rings. The molecule has 3 rings (SSSR count). The molecule has 0 spiro atoms. The molecular formula is C14H14ClN5O2S. The molecule has 1 atom stereocenters. The number of nitrogens with zero attached hydrogens (tertiary/aromatic N) is 3. The zero-order valence-corrected chi connectivity index (χ0v) is 13.8. The third-order valence-electron chi connectivity index (χ3n) is 3.34. The van der Waals surface area contributed by atoms with Crippen LogP contribution in [0.2, 0.25) is 5.02 Å². The number of benzene rings is 1. The summed E-state index contributed by atoms with van der Waals surface area (Å²) in [5, 5.41) is 10.2. The molecular weight excluding hydrogens is 338 g/mol. The minimum absolute atomic E-state index is 0.247. The molecule has 0 bridgehead atoms. The molecule has 1 aliphatic heterocycles. The van der Waals surface area contributed by atoms with Gasteiger partial charge in [-0.25, -0.2) is 9.78 Å². The summed E-state index contributed by atoms with van der Waals surface area (Å²) in [6.07, 6.45) is 0. The predicted molar refractivity (Wildman–Crippen MR) is 87.3 cm³/mol. The van der Waals surface area contributed by atoms with Crippen molar-refractivity contribution in [3.63, 3.8) is 0 Å². The van der Waals surface area contributed by atoms with Gasteiger partial charge < -0.3 is 5.32 Å². The van der Waals surface area contributed by atoms with E-state index in [1.54, 1.807) is 19.1 Å². The highest BCUT2D eigenvalue weighted by molar-refractivity contribution is 8.00. The molecule has 0 radical (unpaired) electrons. The van der Waals surface area contributed by atoms with E-state index in [0.717, 1.165) is 5.56 Å². The fourth-order valence-corrected chi connectivity index (χ4v) is 3.06. The van der Waals surface area contributed by atoms with Gasteiger partial charge in [0, 0.05) is 23.7 Å². The van der Waals surface area contributed by atoms with E-state index in [1.165, 1.54) is 16.7 Å². The highest BCUT2D eigenvalue weighted by atomic mass is 35.5. The molecule has 23 heavy (non-hydrogen) atoms. The van der Waals surface area contributed by atoms with Gasteiger partial charge in [0.15, 0.2) is 5.82 Å². The van der Waals surface area contributed by atoms with Crippen molar-refractivity contribution < 1.29 is 9.59 Å². The van der Waals surface area contributed by atoms with Gasteiger partial charge in [-0.05, 0) is 31.2 Å². The van der Waals surface area contributed by atoms with Crippen LogP contribution in [0.15, 0.2) is 29.4 Å². The molecule has 0 aliphatic carbocycles. The molecule has 3 amide bonds. The van der Waals surface area contributed by atoms with E-state index in [2.05, 4.69) is 20.5 Å². The second-order valence-corrected chi connectivity index (χ2v) is 6.70. The first-order valence-corrected chi connectivity index (χ1v) is 8.24. The van der Waals surface area contributed by atoms with Crippen LogP contribution in [0.3, 0.4) is 0 Å². The van der Waals surface area contributed by atoms with Gasteiger partial charge in [0.2, 0.25) is 11.1 Å². The monoisotopic (exact) mass is 351 g/mol. The fraction of sp³-hybridized carbons (Fsp3) is 0.286. The van der Waals surface area contributed by atoms with Crippen molar-refractivity contribution in [2.24, 2.45) is 0 Å². The van der Waals surface area contributed by atoms with Crippen molar-refractivity contribution in [1.29, 1.82) is 0 Å². The number of H-pyrrole nitrogens is 1. The van der Waals surface area contributed by atoms with Crippen molar-refractivity contribution in [2.75, 3.05) is 13.1 Å². The largest absolute Gasteiger partial charge is 0.336 e. The number of thioether (sulfide) groups is 1. The standard InChI is InChI=1S/C14H14ClN5O2S/c1-8(12(21)20-7-6-16-14(20)22)23-13-17-11(18-19-13)9-2-4-10(15)5-3-9/h2-5,8H,6-7H2,1H3,(H,16,22)(H,17,18,19). The highest BCUT2D eigenvalue weighted by Gasteiger charge is 2.30. The van der Waals surface area contributed by atoms with Crippen LogP contribution in [0.1, 0.15) is 6.92 Å². The van der Waals surface area contributed by atoms with E-state index in [0.29, 0.717) is 29.1 Å². The number of halogens is 1. The number of imide groups is 1. The van der Waals surface area contributed by atoms with Crippen LogP contribution in [0.4, 0.5) is 4.79 Å². The van der Waals surface area contributed by atoms with E-state index in [-0.39, 0.29) is 11.9 Å². The minimum Gasteiger partial charge on any atom is -0.336 e. The first-order chi connectivity index (χ1) is 11.0. The number of aromatic nitrogens is 3. The van der Waals surface area contributed by atoms with E-state index in [9.17, 15) is 9.59 Å². The molecule has 2 N–H and O–H groups in total. The van der Waals surface area contributed by atoms with Gasteiger partial charge in [-0.1, -0.05) is 23.4 Å². The van der Waals surface area contributed by atoms with Crippen molar-refractivity contribution in [1.82, 2.24) is 25.4 Å². The zero-order valence-electron chi connectivity index (χ0n) is 12.2. The summed E-state index contributed by atoms with van der Waals surface area (Å²) in [4.78, 5) is 29.3. The lowest BCUT2D eigenvalue weighted by Crippen LogP contribution is -2.38. The first kappa shape index (κ1) is 15.8.